The molecule has 1 unspecified atom stereocenters. The van der Waals surface area contributed by atoms with Crippen molar-refractivity contribution in [1.29, 1.82) is 0 Å². The van der Waals surface area contributed by atoms with Crippen molar-refractivity contribution in [2.75, 3.05) is 43.5 Å². The van der Waals surface area contributed by atoms with Crippen molar-refractivity contribution in [1.82, 2.24) is 9.41 Å². The van der Waals surface area contributed by atoms with E-state index in [2.05, 4.69) is 5.32 Å². The van der Waals surface area contributed by atoms with Gasteiger partial charge in [-0.25, -0.2) is 9.18 Å². The second kappa shape index (κ2) is 23.0. The first-order chi connectivity index (χ1) is 38.8. The molecule has 1 aliphatic carbocycles. The third-order valence-corrected chi connectivity index (χ3v) is 17.8. The van der Waals surface area contributed by atoms with Gasteiger partial charge in [-0.2, -0.15) is 5.10 Å². The number of pyridine rings is 2. The number of aryl methyl sites for hydroxylation is 1. The Labute approximate surface area is 474 Å². The number of fused-ring (bicyclic) bond motifs is 15. The normalized spacial score (nSPS) is 27.8. The lowest BCUT2D eigenvalue weighted by atomic mass is 9.78. The Morgan fingerprint density at radius 1 is 0.878 bits per heavy atom. The number of hydrogen-bond donors (Lipinski definition) is 7. The molecule has 0 spiro atoms. The number of piperidine rings is 1. The summed E-state index contributed by atoms with van der Waals surface area (Å²) in [6.07, 6.45) is 9.59. The summed E-state index contributed by atoms with van der Waals surface area (Å²) in [4.78, 5) is 68.6. The monoisotopic (exact) mass is 1140 g/mol. The minimum absolute atomic E-state index is 0.0140. The Kier molecular flexibility index (Phi) is 16.6. The summed E-state index contributed by atoms with van der Waals surface area (Å²) in [7, 11) is 1.42. The van der Waals surface area contributed by atoms with Crippen LogP contribution in [0.4, 0.5) is 15.8 Å². The van der Waals surface area contributed by atoms with Crippen molar-refractivity contribution in [3.05, 3.63) is 98.0 Å². The molecule has 2 saturated heterocycles. The van der Waals surface area contributed by atoms with Gasteiger partial charge in [0.2, 0.25) is 0 Å². The van der Waals surface area contributed by atoms with E-state index < -0.39 is 106 Å². The number of carbonyl (C=O) groups excluding carboxylic acids is 3. The van der Waals surface area contributed by atoms with Crippen LogP contribution < -0.4 is 20.5 Å². The number of carbonyl (C=O) groups is 4. The molecule has 5 bridgehead atoms. The topological polar surface area (TPSA) is 279 Å². The molecule has 82 heavy (non-hydrogen) atoms. The first-order valence-electron chi connectivity index (χ1n) is 28.0. The molecule has 1 amide bonds. The highest BCUT2D eigenvalue weighted by Gasteiger charge is 2.50. The summed E-state index contributed by atoms with van der Waals surface area (Å²) in [6.45, 7) is 16.2. The number of aromatic hydroxyl groups is 3. The number of aromatic nitrogens is 1. The number of aromatic carboxylic acids is 1. The van der Waals surface area contributed by atoms with Gasteiger partial charge in [-0.05, 0) is 93.9 Å². The Morgan fingerprint density at radius 3 is 2.21 bits per heavy atom. The van der Waals surface area contributed by atoms with Crippen molar-refractivity contribution in [2.24, 2.45) is 40.6 Å². The Bertz CT molecular complexity index is 3430. The highest BCUT2D eigenvalue weighted by Crippen LogP contribution is 2.55. The Balaban J connectivity index is 1.03. The summed E-state index contributed by atoms with van der Waals surface area (Å²) < 4.78 is 41.1. The zero-order valence-electron chi connectivity index (χ0n) is 47.9. The smallest absolute Gasteiger partial charge is 0.341 e. The number of ketones is 1. The van der Waals surface area contributed by atoms with E-state index in [4.69, 9.17) is 24.0 Å². The van der Waals surface area contributed by atoms with Gasteiger partial charge in [0, 0.05) is 87.3 Å². The first-order valence-corrected chi connectivity index (χ1v) is 28.0. The fourth-order valence-corrected chi connectivity index (χ4v) is 12.8. The number of carboxylic acids is 1. The number of nitrogens with zero attached hydrogens (tertiary/aromatic N) is 4. The maximum atomic E-state index is 16.1. The van der Waals surface area contributed by atoms with Crippen LogP contribution in [0, 0.1) is 55.2 Å². The van der Waals surface area contributed by atoms with Gasteiger partial charge in [0.05, 0.1) is 70.4 Å². The molecule has 10 atom stereocenters. The maximum absolute atomic E-state index is 16.1. The number of esters is 1. The molecule has 0 radical (unpaired) electrons. The summed E-state index contributed by atoms with van der Waals surface area (Å²) >= 11 is 0. The van der Waals surface area contributed by atoms with Crippen LogP contribution >= 0.6 is 0 Å². The van der Waals surface area contributed by atoms with Crippen LogP contribution in [0.2, 0.25) is 0 Å². The average molecular weight is 1140 g/mol. The maximum Gasteiger partial charge on any atom is 0.341 e. The molecule has 440 valence electrons. The number of rotatable bonds is 8. The van der Waals surface area contributed by atoms with Gasteiger partial charge in [0.1, 0.15) is 28.9 Å². The summed E-state index contributed by atoms with van der Waals surface area (Å²) in [5.41, 5.74) is 0.482. The van der Waals surface area contributed by atoms with Crippen LogP contribution in [0.3, 0.4) is 0 Å². The van der Waals surface area contributed by atoms with E-state index in [-0.39, 0.29) is 67.8 Å². The van der Waals surface area contributed by atoms with Crippen molar-refractivity contribution in [2.45, 2.75) is 131 Å². The van der Waals surface area contributed by atoms with Gasteiger partial charge in [-0.1, -0.05) is 45.9 Å². The predicted octanol–water partition coefficient (Wildman–Crippen LogP) is 7.96. The highest BCUT2D eigenvalue weighted by molar-refractivity contribution is 6.24. The van der Waals surface area contributed by atoms with Crippen molar-refractivity contribution < 1.29 is 73.2 Å². The molecule has 20 nitrogen and oxygen atoms in total. The second-order valence-corrected chi connectivity index (χ2v) is 23.2. The predicted molar refractivity (Wildman–Crippen MR) is 303 cm³/mol. The lowest BCUT2D eigenvalue weighted by Gasteiger charge is -2.38. The van der Waals surface area contributed by atoms with E-state index in [1.54, 1.807) is 51.8 Å². The number of aliphatic hydroxyl groups excluding tert-OH is 2. The van der Waals surface area contributed by atoms with Gasteiger partial charge >= 0.3 is 17.7 Å². The standard InChI is InChI=1S/C61H74FN5O15/c1-28-12-11-13-29(2)58(75)64-47-41(25-63-66-22-18-38(26-66)36-16-20-65(21-17-36)49-31(4)48-39(37-14-15-37)24-40(60(77)78)59(76)67(48)27-42(49)62)53(72)44-45(54(47)73)52(71)34(7)56-46(44)57(74)61(9,82-56)80-23-19-43(79-10)30(3)55(81-35(8)68)33(6)51(70)32(5)50(28)69/h11-13,19,23-25,27-28,30,32-33,36-38,43,50-51,55,69-73H,14-18,20-22,26H2,1-10H3,(H,64,75)(H,77,78)/t28-,30+,32+,33+,38?,43-,50-,51+,55+,61-/m0/s1. The van der Waals surface area contributed by atoms with E-state index in [0.29, 0.717) is 42.9 Å². The largest absolute Gasteiger partial charge is 0.507 e. The number of methoxy groups -OCH3 is 1. The molecule has 1 saturated carbocycles. The minimum atomic E-state index is -2.11. The van der Waals surface area contributed by atoms with Crippen LogP contribution in [-0.2, 0) is 23.8 Å². The van der Waals surface area contributed by atoms with E-state index in [9.17, 15) is 54.6 Å². The van der Waals surface area contributed by atoms with E-state index in [1.165, 1.54) is 65.5 Å². The summed E-state index contributed by atoms with van der Waals surface area (Å²) in [5.74, 6) is -10.4. The quantitative estimate of drug-likeness (QED) is 0.0381. The first kappa shape index (κ1) is 59.1. The minimum Gasteiger partial charge on any atom is -0.507 e. The fraction of sp³-hybridized carbons (Fsp3) is 0.508. The molecule has 21 heteroatoms. The van der Waals surface area contributed by atoms with Crippen LogP contribution in [-0.4, -0.2) is 133 Å². The van der Waals surface area contributed by atoms with Crippen LogP contribution in [0.15, 0.2) is 58.3 Å². The number of anilines is 2. The number of hydrazone groups is 1. The number of hydrogen-bond acceptors (Lipinski definition) is 17. The molecule has 3 fully saturated rings. The third-order valence-electron chi connectivity index (χ3n) is 17.8. The number of allylic oxidation sites excluding steroid dienone is 2. The Hall–Kier alpha value is -7.49. The lowest BCUT2D eigenvalue weighted by Crippen LogP contribution is -2.46. The van der Waals surface area contributed by atoms with Gasteiger partial charge in [-0.3, -0.25) is 28.6 Å². The number of aliphatic hydroxyl groups is 2. The molecule has 4 aromatic rings. The fourth-order valence-electron chi connectivity index (χ4n) is 12.8. The highest BCUT2D eigenvalue weighted by atomic mass is 19.1. The molecule has 6 aliphatic rings. The Morgan fingerprint density at radius 2 is 1.56 bits per heavy atom. The number of benzene rings is 2. The van der Waals surface area contributed by atoms with E-state index in [0.717, 1.165) is 48.3 Å². The number of ether oxygens (including phenoxy) is 4. The molecular weight excluding hydrogens is 1060 g/mol. The van der Waals surface area contributed by atoms with E-state index >= 15 is 4.39 Å². The van der Waals surface area contributed by atoms with Gasteiger partial charge < -0.3 is 59.8 Å². The molecule has 7 heterocycles. The number of phenolic OH excluding ortho intramolecular Hbond substituents is 3. The zero-order valence-corrected chi connectivity index (χ0v) is 47.9. The molecule has 2 aromatic carbocycles. The molecular formula is C61H74FN5O15. The second-order valence-electron chi connectivity index (χ2n) is 23.2. The lowest BCUT2D eigenvalue weighted by molar-refractivity contribution is -0.160. The van der Waals surface area contributed by atoms with Crippen molar-refractivity contribution >= 4 is 57.5 Å². The van der Waals surface area contributed by atoms with Gasteiger partial charge in [0.15, 0.2) is 11.6 Å². The number of amides is 1. The third kappa shape index (κ3) is 10.8. The van der Waals surface area contributed by atoms with Gasteiger partial charge in [0.25, 0.3) is 17.2 Å². The van der Waals surface area contributed by atoms with Crippen LogP contribution in [0.1, 0.15) is 129 Å². The van der Waals surface area contributed by atoms with Crippen molar-refractivity contribution in [3.8, 4) is 23.0 Å². The molecule has 10 rings (SSSR count). The summed E-state index contributed by atoms with van der Waals surface area (Å²) in [5, 5.41) is 78.1. The summed E-state index contributed by atoms with van der Waals surface area (Å²) in [6, 6.07) is 1.45. The van der Waals surface area contributed by atoms with Crippen LogP contribution in [0.25, 0.3) is 16.3 Å². The van der Waals surface area contributed by atoms with Crippen LogP contribution in [0.5, 0.6) is 23.0 Å². The average Bonchev–Trinajstić information content (AvgIpc) is 4.04. The number of carboxylic acid groups (broad SMARTS) is 1. The number of Topliss-reactive ketones (excluding diaryl/α,β-unsaturated/α-hetero) is 1. The van der Waals surface area contributed by atoms with E-state index in [1.807, 2.05) is 4.90 Å². The molecule has 5 aliphatic heterocycles. The number of halogens is 1. The molecule has 2 aromatic heterocycles. The number of nitrogens with one attached hydrogen (secondary N) is 1. The SMILES string of the molecule is CO[C@H]1C=CO[C@@]2(C)Oc3c(C)c(O)c4c(O)c(c(C=NN5CCC(C6CCN(c7c(F)cn8c(=O)c(C(=O)O)cc(C9CC9)c8c7C)CC6)C5)c(O)c4c3C2=O)NC(=O)C(C)=CC=C[C@H](C)[C@H](O)[C@@H](C)[C@@H](O)[C@@H](C)[C@H](OC(C)=O)[C@@H]1C. The number of phenols is 3. The van der Waals surface area contributed by atoms with Crippen molar-refractivity contribution in [3.63, 3.8) is 0 Å². The molecule has 7 N–H and O–H groups in total. The van der Waals surface area contributed by atoms with Gasteiger partial charge in [-0.15, -0.1) is 0 Å². The zero-order chi connectivity index (χ0) is 59.5.